The van der Waals surface area contributed by atoms with Crippen LogP contribution in [0.3, 0.4) is 0 Å². The second kappa shape index (κ2) is 9.55. The van der Waals surface area contributed by atoms with E-state index in [0.717, 1.165) is 6.54 Å². The van der Waals surface area contributed by atoms with Gasteiger partial charge in [0.1, 0.15) is 0 Å². The van der Waals surface area contributed by atoms with E-state index in [2.05, 4.69) is 10.6 Å². The van der Waals surface area contributed by atoms with E-state index in [4.69, 9.17) is 4.74 Å². The summed E-state index contributed by atoms with van der Waals surface area (Å²) in [6.45, 7) is 5.43. The third-order valence-electron chi connectivity index (χ3n) is 2.74. The first-order chi connectivity index (χ1) is 9.06. The maximum Gasteiger partial charge on any atom is 0.224 e. The number of rotatable bonds is 7. The van der Waals surface area contributed by atoms with Crippen LogP contribution < -0.4 is 15.4 Å². The molecule has 1 aromatic carbocycles. The van der Waals surface area contributed by atoms with Crippen molar-refractivity contribution in [3.63, 3.8) is 0 Å². The molecule has 0 aliphatic rings. The summed E-state index contributed by atoms with van der Waals surface area (Å²) in [5.41, 5.74) is 0.631. The van der Waals surface area contributed by atoms with Gasteiger partial charge in [0.25, 0.3) is 0 Å². The number of halogens is 2. The summed E-state index contributed by atoms with van der Waals surface area (Å²) < 4.78 is 18.3. The highest BCUT2D eigenvalue weighted by Crippen LogP contribution is 2.17. The zero-order valence-corrected chi connectivity index (χ0v) is 12.8. The molecule has 0 spiro atoms. The monoisotopic (exact) mass is 304 g/mol. The summed E-state index contributed by atoms with van der Waals surface area (Å²) in [7, 11) is 1.41. The fourth-order valence-corrected chi connectivity index (χ4v) is 1.76. The molecule has 1 aromatic rings. The number of ether oxygens (including phenoxy) is 1. The largest absolute Gasteiger partial charge is 0.494 e. The number of amides is 1. The fraction of sp³-hybridized carbons (Fsp3) is 0.500. The van der Waals surface area contributed by atoms with Gasteiger partial charge in [0.05, 0.1) is 13.5 Å². The predicted molar refractivity (Wildman–Crippen MR) is 80.1 cm³/mol. The Morgan fingerprint density at radius 3 is 2.70 bits per heavy atom. The minimum Gasteiger partial charge on any atom is -0.494 e. The Morgan fingerprint density at radius 1 is 1.45 bits per heavy atom. The van der Waals surface area contributed by atoms with Crippen molar-refractivity contribution in [1.29, 1.82) is 0 Å². The van der Waals surface area contributed by atoms with Gasteiger partial charge in [-0.05, 0) is 31.2 Å². The average molecular weight is 305 g/mol. The first kappa shape index (κ1) is 18.7. The van der Waals surface area contributed by atoms with Crippen LogP contribution in [0.1, 0.15) is 19.4 Å². The third kappa shape index (κ3) is 6.21. The molecule has 0 heterocycles. The molecular weight excluding hydrogens is 283 g/mol. The minimum absolute atomic E-state index is 0. The molecule has 0 bridgehead atoms. The zero-order valence-electron chi connectivity index (χ0n) is 12.0. The topological polar surface area (TPSA) is 50.4 Å². The van der Waals surface area contributed by atoms with Crippen LogP contribution in [0.15, 0.2) is 18.2 Å². The Kier molecular flexibility index (Phi) is 8.92. The smallest absolute Gasteiger partial charge is 0.224 e. The number of likely N-dealkylation sites (N-methyl/N-ethyl adjacent to an activating group) is 1. The molecule has 1 rings (SSSR count). The maximum atomic E-state index is 13.4. The Balaban J connectivity index is 0.00000361. The lowest BCUT2D eigenvalue weighted by molar-refractivity contribution is -0.120. The fourth-order valence-electron chi connectivity index (χ4n) is 1.76. The highest BCUT2D eigenvalue weighted by Gasteiger charge is 2.08. The van der Waals surface area contributed by atoms with Gasteiger partial charge in [-0.25, -0.2) is 4.39 Å². The van der Waals surface area contributed by atoms with Crippen molar-refractivity contribution in [1.82, 2.24) is 10.6 Å². The van der Waals surface area contributed by atoms with E-state index >= 15 is 0 Å². The molecule has 0 unspecified atom stereocenters. The molecular formula is C14H22ClFN2O2. The predicted octanol–water partition coefficient (Wildman–Crippen LogP) is 1.91. The molecule has 1 atom stereocenters. The van der Waals surface area contributed by atoms with E-state index in [9.17, 15) is 9.18 Å². The van der Waals surface area contributed by atoms with Crippen LogP contribution in [-0.4, -0.2) is 32.1 Å². The number of hydrogen-bond acceptors (Lipinski definition) is 3. The second-order valence-electron chi connectivity index (χ2n) is 4.41. The Bertz CT molecular complexity index is 430. The van der Waals surface area contributed by atoms with Gasteiger partial charge in [-0.3, -0.25) is 4.79 Å². The lowest BCUT2D eigenvalue weighted by Gasteiger charge is -2.13. The zero-order chi connectivity index (χ0) is 14.3. The molecule has 0 fully saturated rings. The molecule has 20 heavy (non-hydrogen) atoms. The summed E-state index contributed by atoms with van der Waals surface area (Å²) in [6.07, 6.45) is 0.166. The van der Waals surface area contributed by atoms with Crippen LogP contribution in [0.2, 0.25) is 0 Å². The summed E-state index contributed by atoms with van der Waals surface area (Å²) in [4.78, 5) is 11.7. The van der Waals surface area contributed by atoms with Crippen molar-refractivity contribution in [2.45, 2.75) is 26.3 Å². The number of carbonyl (C=O) groups is 1. The molecule has 0 aliphatic carbocycles. The summed E-state index contributed by atoms with van der Waals surface area (Å²) in [5.74, 6) is -0.381. The standard InChI is InChI=1S/C14H21FN2O2.ClH/c1-4-16-10(2)9-17-14(18)8-11-5-6-13(19-3)12(15)7-11;/h5-7,10,16H,4,8-9H2,1-3H3,(H,17,18);1H/t10-;/m1./s1. The molecule has 6 heteroatoms. The molecule has 4 nitrogen and oxygen atoms in total. The van der Waals surface area contributed by atoms with Crippen molar-refractivity contribution in [3.05, 3.63) is 29.6 Å². The Labute approximate surface area is 125 Å². The van der Waals surface area contributed by atoms with E-state index in [1.54, 1.807) is 6.07 Å². The summed E-state index contributed by atoms with van der Waals surface area (Å²) in [6, 6.07) is 4.77. The van der Waals surface area contributed by atoms with Crippen LogP contribution in [0.4, 0.5) is 4.39 Å². The number of carbonyl (C=O) groups excluding carboxylic acids is 1. The van der Waals surface area contributed by atoms with Crippen molar-refractivity contribution < 1.29 is 13.9 Å². The van der Waals surface area contributed by atoms with Crippen molar-refractivity contribution in [3.8, 4) is 5.75 Å². The second-order valence-corrected chi connectivity index (χ2v) is 4.41. The van der Waals surface area contributed by atoms with E-state index < -0.39 is 5.82 Å². The maximum absolute atomic E-state index is 13.4. The first-order valence-electron chi connectivity index (χ1n) is 6.39. The normalized spacial score (nSPS) is 11.4. The van der Waals surface area contributed by atoms with Crippen LogP contribution in [0.5, 0.6) is 5.75 Å². The molecule has 0 saturated carbocycles. The summed E-state index contributed by atoms with van der Waals surface area (Å²) in [5, 5.41) is 6.01. The number of nitrogens with one attached hydrogen (secondary N) is 2. The Morgan fingerprint density at radius 2 is 2.15 bits per heavy atom. The van der Waals surface area contributed by atoms with Crippen molar-refractivity contribution >= 4 is 18.3 Å². The molecule has 0 aromatic heterocycles. The number of hydrogen-bond donors (Lipinski definition) is 2. The molecule has 114 valence electrons. The highest BCUT2D eigenvalue weighted by atomic mass is 35.5. The molecule has 0 saturated heterocycles. The lowest BCUT2D eigenvalue weighted by atomic mass is 10.1. The lowest BCUT2D eigenvalue weighted by Crippen LogP contribution is -2.39. The van der Waals surface area contributed by atoms with Gasteiger partial charge in [-0.2, -0.15) is 0 Å². The van der Waals surface area contributed by atoms with Crippen molar-refractivity contribution in [2.75, 3.05) is 20.2 Å². The van der Waals surface area contributed by atoms with E-state index in [0.29, 0.717) is 12.1 Å². The van der Waals surface area contributed by atoms with Gasteiger partial charge < -0.3 is 15.4 Å². The molecule has 0 radical (unpaired) electrons. The first-order valence-corrected chi connectivity index (χ1v) is 6.39. The van der Waals surface area contributed by atoms with Crippen LogP contribution >= 0.6 is 12.4 Å². The van der Waals surface area contributed by atoms with E-state index in [1.807, 2.05) is 13.8 Å². The third-order valence-corrected chi connectivity index (χ3v) is 2.74. The SMILES string of the molecule is CCN[C@H](C)CNC(=O)Cc1ccc(OC)c(F)c1.Cl. The van der Waals surface area contributed by atoms with Gasteiger partial charge in [0.15, 0.2) is 11.6 Å². The minimum atomic E-state index is -0.450. The highest BCUT2D eigenvalue weighted by molar-refractivity contribution is 5.85. The van der Waals surface area contributed by atoms with Crippen molar-refractivity contribution in [2.24, 2.45) is 0 Å². The Hall–Kier alpha value is -1.33. The molecule has 0 aliphatic heterocycles. The van der Waals surface area contributed by atoms with Gasteiger partial charge in [-0.1, -0.05) is 13.0 Å². The van der Waals surface area contributed by atoms with Gasteiger partial charge >= 0.3 is 0 Å². The quantitative estimate of drug-likeness (QED) is 0.809. The van der Waals surface area contributed by atoms with E-state index in [1.165, 1.54) is 19.2 Å². The molecule has 2 N–H and O–H groups in total. The number of methoxy groups -OCH3 is 1. The number of benzene rings is 1. The van der Waals surface area contributed by atoms with E-state index in [-0.39, 0.29) is 36.5 Å². The average Bonchev–Trinajstić information content (AvgIpc) is 2.37. The van der Waals surface area contributed by atoms with Crippen LogP contribution in [-0.2, 0) is 11.2 Å². The summed E-state index contributed by atoms with van der Waals surface area (Å²) >= 11 is 0. The van der Waals surface area contributed by atoms with Gasteiger partial charge in [0.2, 0.25) is 5.91 Å². The van der Waals surface area contributed by atoms with Gasteiger partial charge in [0, 0.05) is 12.6 Å². The van der Waals surface area contributed by atoms with Crippen LogP contribution in [0.25, 0.3) is 0 Å². The van der Waals surface area contributed by atoms with Gasteiger partial charge in [-0.15, -0.1) is 12.4 Å². The van der Waals surface area contributed by atoms with Crippen LogP contribution in [0, 0.1) is 5.82 Å². The molecule has 1 amide bonds.